The molecule has 2 aliphatic heterocycles. The highest BCUT2D eigenvalue weighted by molar-refractivity contribution is 5.92. The summed E-state index contributed by atoms with van der Waals surface area (Å²) in [5.74, 6) is 1.85. The molecule has 1 amide bonds. The van der Waals surface area contributed by atoms with Crippen LogP contribution in [0.4, 0.5) is 5.69 Å². The lowest BCUT2D eigenvalue weighted by molar-refractivity contribution is -0.118. The number of hydrogen-bond acceptors (Lipinski definition) is 5. The molecule has 0 aliphatic carbocycles. The van der Waals surface area contributed by atoms with Crippen molar-refractivity contribution in [2.24, 2.45) is 0 Å². The van der Waals surface area contributed by atoms with Crippen molar-refractivity contribution < 1.29 is 19.0 Å². The van der Waals surface area contributed by atoms with Gasteiger partial charge in [0.05, 0.1) is 0 Å². The molecule has 0 unspecified atom stereocenters. The topological polar surface area (TPSA) is 68.8 Å². The second-order valence-electron chi connectivity index (χ2n) is 6.05. The largest absolute Gasteiger partial charge is 0.486 e. The highest BCUT2D eigenvalue weighted by atomic mass is 16.6. The van der Waals surface area contributed by atoms with Crippen molar-refractivity contribution in [2.45, 2.75) is 13.0 Å². The predicted molar refractivity (Wildman–Crippen MR) is 93.4 cm³/mol. The second-order valence-corrected chi connectivity index (χ2v) is 6.05. The maximum absolute atomic E-state index is 12.1. The summed E-state index contributed by atoms with van der Waals surface area (Å²) in [7, 11) is 0. The Morgan fingerprint density at radius 2 is 1.96 bits per heavy atom. The lowest BCUT2D eigenvalue weighted by atomic mass is 10.0. The van der Waals surface area contributed by atoms with Crippen molar-refractivity contribution in [3.05, 3.63) is 47.5 Å². The van der Waals surface area contributed by atoms with Crippen molar-refractivity contribution in [2.75, 3.05) is 31.7 Å². The monoisotopic (exact) mass is 340 g/mol. The third-order valence-electron chi connectivity index (χ3n) is 4.26. The average Bonchev–Trinajstić information content (AvgIpc) is 2.66. The first-order chi connectivity index (χ1) is 12.3. The molecule has 0 aromatic heterocycles. The summed E-state index contributed by atoms with van der Waals surface area (Å²) in [6.45, 7) is 2.89. The van der Waals surface area contributed by atoms with Gasteiger partial charge >= 0.3 is 0 Å². The van der Waals surface area contributed by atoms with E-state index < -0.39 is 0 Å². The summed E-state index contributed by atoms with van der Waals surface area (Å²) in [6, 6.07) is 11.3. The molecule has 0 spiro atoms. The molecule has 0 radical (unpaired) electrons. The molecule has 2 aromatic rings. The van der Waals surface area contributed by atoms with E-state index >= 15 is 0 Å². The Labute approximate surface area is 146 Å². The lowest BCUT2D eigenvalue weighted by Gasteiger charge is -2.19. The number of anilines is 1. The van der Waals surface area contributed by atoms with Gasteiger partial charge in [-0.05, 0) is 48.4 Å². The molecule has 2 N–H and O–H groups in total. The van der Waals surface area contributed by atoms with Crippen LogP contribution in [0.15, 0.2) is 36.4 Å². The minimum absolute atomic E-state index is 0.0362. The molecular weight excluding hydrogens is 320 g/mol. The van der Waals surface area contributed by atoms with Crippen LogP contribution in [0.3, 0.4) is 0 Å². The highest BCUT2D eigenvalue weighted by Gasteiger charge is 2.13. The first kappa shape index (κ1) is 15.8. The van der Waals surface area contributed by atoms with E-state index in [1.807, 2.05) is 12.1 Å². The number of ether oxygens (including phenoxy) is 3. The Bertz CT molecular complexity index is 791. The Morgan fingerprint density at radius 1 is 1.08 bits per heavy atom. The summed E-state index contributed by atoms with van der Waals surface area (Å²) in [4.78, 5) is 12.1. The van der Waals surface area contributed by atoms with Gasteiger partial charge in [0.25, 0.3) is 5.91 Å². The molecule has 2 aliphatic rings. The molecule has 25 heavy (non-hydrogen) atoms. The average molecular weight is 340 g/mol. The molecule has 0 bridgehead atoms. The molecule has 4 rings (SSSR count). The van der Waals surface area contributed by atoms with Crippen LogP contribution in [-0.2, 0) is 17.8 Å². The number of carbonyl (C=O) groups excluding carboxylic acids is 1. The zero-order chi connectivity index (χ0) is 17.1. The summed E-state index contributed by atoms with van der Waals surface area (Å²) >= 11 is 0. The van der Waals surface area contributed by atoms with Gasteiger partial charge in [-0.2, -0.15) is 0 Å². The first-order valence-electron chi connectivity index (χ1n) is 8.43. The minimum atomic E-state index is -0.212. The first-order valence-corrected chi connectivity index (χ1v) is 8.43. The molecule has 6 heteroatoms. The van der Waals surface area contributed by atoms with Gasteiger partial charge in [-0.25, -0.2) is 0 Å². The molecular formula is C19H20N2O4. The number of fused-ring (bicyclic) bond motifs is 2. The molecule has 0 fully saturated rings. The highest BCUT2D eigenvalue weighted by Crippen LogP contribution is 2.32. The van der Waals surface area contributed by atoms with Crippen molar-refractivity contribution in [3.8, 4) is 17.2 Å². The summed E-state index contributed by atoms with van der Waals surface area (Å²) in [5.41, 5.74) is 3.23. The molecule has 6 nitrogen and oxygen atoms in total. The van der Waals surface area contributed by atoms with Crippen LogP contribution >= 0.6 is 0 Å². The van der Waals surface area contributed by atoms with Gasteiger partial charge < -0.3 is 24.8 Å². The molecule has 0 atom stereocenters. The van der Waals surface area contributed by atoms with Crippen LogP contribution in [0.25, 0.3) is 0 Å². The predicted octanol–water partition coefficient (Wildman–Crippen LogP) is 2.12. The molecule has 2 heterocycles. The SMILES string of the molecule is O=C(COc1ccc2c(c1)CCNC2)Nc1ccc2c(c1)OCCO2. The zero-order valence-corrected chi connectivity index (χ0v) is 13.8. The van der Waals surface area contributed by atoms with Gasteiger partial charge in [0, 0.05) is 18.3 Å². The van der Waals surface area contributed by atoms with Crippen LogP contribution < -0.4 is 24.8 Å². The summed E-state index contributed by atoms with van der Waals surface area (Å²) in [5, 5.41) is 6.15. The number of benzene rings is 2. The fourth-order valence-corrected chi connectivity index (χ4v) is 3.01. The normalized spacial score (nSPS) is 15.2. The summed E-state index contributed by atoms with van der Waals surface area (Å²) in [6.07, 6.45) is 0.982. The van der Waals surface area contributed by atoms with E-state index in [1.165, 1.54) is 11.1 Å². The van der Waals surface area contributed by atoms with Crippen LogP contribution in [0.2, 0.25) is 0 Å². The molecule has 2 aromatic carbocycles. The van der Waals surface area contributed by atoms with Gasteiger partial charge in [0.15, 0.2) is 18.1 Å². The minimum Gasteiger partial charge on any atom is -0.486 e. The van der Waals surface area contributed by atoms with Gasteiger partial charge in [0.2, 0.25) is 0 Å². The van der Waals surface area contributed by atoms with Crippen LogP contribution in [-0.4, -0.2) is 32.3 Å². The van der Waals surface area contributed by atoms with E-state index in [1.54, 1.807) is 18.2 Å². The third-order valence-corrected chi connectivity index (χ3v) is 4.26. The fraction of sp³-hybridized carbons (Fsp3) is 0.316. The Hall–Kier alpha value is -2.73. The third kappa shape index (κ3) is 3.69. The van der Waals surface area contributed by atoms with E-state index in [2.05, 4.69) is 16.7 Å². The van der Waals surface area contributed by atoms with Crippen molar-refractivity contribution in [3.63, 3.8) is 0 Å². The molecule has 0 saturated heterocycles. The van der Waals surface area contributed by atoms with Gasteiger partial charge in [0.1, 0.15) is 19.0 Å². The Kier molecular flexibility index (Phi) is 4.43. The summed E-state index contributed by atoms with van der Waals surface area (Å²) < 4.78 is 16.6. The second kappa shape index (κ2) is 7.03. The fourth-order valence-electron chi connectivity index (χ4n) is 3.01. The Morgan fingerprint density at radius 3 is 2.88 bits per heavy atom. The van der Waals surface area contributed by atoms with Gasteiger partial charge in [-0.15, -0.1) is 0 Å². The van der Waals surface area contributed by atoms with E-state index in [4.69, 9.17) is 14.2 Å². The van der Waals surface area contributed by atoms with Gasteiger partial charge in [-0.1, -0.05) is 6.07 Å². The number of carbonyl (C=O) groups is 1. The van der Waals surface area contributed by atoms with E-state index in [-0.39, 0.29) is 12.5 Å². The maximum atomic E-state index is 12.1. The van der Waals surface area contributed by atoms with Crippen LogP contribution in [0.1, 0.15) is 11.1 Å². The molecule has 0 saturated carbocycles. The smallest absolute Gasteiger partial charge is 0.262 e. The Balaban J connectivity index is 1.35. The van der Waals surface area contributed by atoms with E-state index in [0.717, 1.165) is 25.3 Å². The molecule has 130 valence electrons. The number of nitrogens with one attached hydrogen (secondary N) is 2. The quantitative estimate of drug-likeness (QED) is 0.892. The van der Waals surface area contributed by atoms with E-state index in [9.17, 15) is 4.79 Å². The van der Waals surface area contributed by atoms with Crippen LogP contribution in [0.5, 0.6) is 17.2 Å². The number of hydrogen-bond donors (Lipinski definition) is 2. The lowest BCUT2D eigenvalue weighted by Crippen LogP contribution is -2.24. The van der Waals surface area contributed by atoms with Crippen molar-refractivity contribution in [1.29, 1.82) is 0 Å². The standard InChI is InChI=1S/C19H20N2O4/c22-19(21-15-2-4-17-18(10-15)24-8-7-23-17)12-25-16-3-1-14-11-20-6-5-13(14)9-16/h1-4,9-10,20H,5-8,11-12H2,(H,21,22). The van der Waals surface area contributed by atoms with Gasteiger partial charge in [-0.3, -0.25) is 4.79 Å². The van der Waals surface area contributed by atoms with Crippen LogP contribution in [0, 0.1) is 0 Å². The maximum Gasteiger partial charge on any atom is 0.262 e. The number of amides is 1. The van der Waals surface area contributed by atoms with E-state index in [0.29, 0.717) is 30.4 Å². The number of rotatable bonds is 4. The van der Waals surface area contributed by atoms with Crippen molar-refractivity contribution >= 4 is 11.6 Å². The van der Waals surface area contributed by atoms with Crippen molar-refractivity contribution in [1.82, 2.24) is 5.32 Å². The zero-order valence-electron chi connectivity index (χ0n) is 13.8.